The van der Waals surface area contributed by atoms with Crippen molar-refractivity contribution in [3.63, 3.8) is 0 Å². The van der Waals surface area contributed by atoms with E-state index in [2.05, 4.69) is 37.3 Å². The highest BCUT2D eigenvalue weighted by molar-refractivity contribution is 7.98. The van der Waals surface area contributed by atoms with Gasteiger partial charge >= 0.3 is 0 Å². The van der Waals surface area contributed by atoms with Gasteiger partial charge in [0.15, 0.2) is 0 Å². The zero-order chi connectivity index (χ0) is 16.4. The van der Waals surface area contributed by atoms with Gasteiger partial charge < -0.3 is 0 Å². The van der Waals surface area contributed by atoms with E-state index in [1.807, 2.05) is 25.3 Å². The number of aromatic nitrogens is 4. The summed E-state index contributed by atoms with van der Waals surface area (Å²) in [6.45, 7) is 1.86. The van der Waals surface area contributed by atoms with Crippen molar-refractivity contribution in [2.45, 2.75) is 17.0 Å². The van der Waals surface area contributed by atoms with Crippen molar-refractivity contribution in [3.8, 4) is 5.69 Å². The molecule has 3 aromatic rings. The zero-order valence-electron chi connectivity index (χ0n) is 12.1. The van der Waals surface area contributed by atoms with Gasteiger partial charge in [-0.2, -0.15) is 14.5 Å². The Balaban J connectivity index is 1.90. The normalized spacial score (nSPS) is 11.5. The Kier molecular flexibility index (Phi) is 5.00. The number of rotatable bonds is 4. The average Bonchev–Trinajstić information content (AvgIpc) is 3.14. The summed E-state index contributed by atoms with van der Waals surface area (Å²) in [5.74, 6) is 0. The molecule has 0 aliphatic rings. The van der Waals surface area contributed by atoms with Gasteiger partial charge in [-0.25, -0.2) is 4.68 Å². The minimum absolute atomic E-state index is 0.511. The molecule has 0 N–H and O–H groups in total. The molecule has 0 saturated heterocycles. The van der Waals surface area contributed by atoms with Gasteiger partial charge in [0.1, 0.15) is 5.69 Å². The molecule has 6 nitrogen and oxygen atoms in total. The largest absolute Gasteiger partial charge is 0.250 e. The first-order valence-electron chi connectivity index (χ1n) is 6.41. The zero-order valence-corrected chi connectivity index (χ0v) is 15.4. The fraction of sp³-hybridized carbons (Fsp3) is 0.154. The van der Waals surface area contributed by atoms with Crippen molar-refractivity contribution in [1.29, 1.82) is 0 Å². The maximum atomic E-state index is 6.22. The van der Waals surface area contributed by atoms with Crippen LogP contribution in [0.5, 0.6) is 0 Å². The summed E-state index contributed by atoms with van der Waals surface area (Å²) in [5, 5.41) is 14.5. The number of aryl methyl sites for hydroxylation is 1. The number of thioether (sulfide) groups is 1. The summed E-state index contributed by atoms with van der Waals surface area (Å²) in [6.07, 6.45) is 3.68. The SMILES string of the molecule is CSc1nsc(N=Nc2cn(-c3cc(S)ccc3Cl)nc2C)n1. The number of nitrogens with zero attached hydrogens (tertiary/aromatic N) is 6. The molecule has 0 fully saturated rings. The van der Waals surface area contributed by atoms with Crippen molar-refractivity contribution in [2.75, 3.05) is 6.26 Å². The van der Waals surface area contributed by atoms with E-state index in [-0.39, 0.29) is 0 Å². The van der Waals surface area contributed by atoms with Crippen molar-refractivity contribution in [1.82, 2.24) is 19.1 Å². The summed E-state index contributed by atoms with van der Waals surface area (Å²) in [4.78, 5) is 5.02. The Bertz CT molecular complexity index is 872. The van der Waals surface area contributed by atoms with E-state index in [0.29, 0.717) is 21.0 Å². The van der Waals surface area contributed by atoms with Crippen molar-refractivity contribution < 1.29 is 0 Å². The van der Waals surface area contributed by atoms with Crippen LogP contribution in [0.25, 0.3) is 5.69 Å². The highest BCUT2D eigenvalue weighted by Crippen LogP contribution is 2.28. The Hall–Kier alpha value is -1.42. The monoisotopic (exact) mass is 382 g/mol. The Morgan fingerprint density at radius 3 is 2.91 bits per heavy atom. The number of hydrogen-bond acceptors (Lipinski definition) is 8. The lowest BCUT2D eigenvalue weighted by molar-refractivity contribution is 0.860. The van der Waals surface area contributed by atoms with Crippen LogP contribution in [0.3, 0.4) is 0 Å². The molecule has 0 saturated carbocycles. The molecule has 23 heavy (non-hydrogen) atoms. The molecule has 0 radical (unpaired) electrons. The maximum absolute atomic E-state index is 6.22. The first-order chi connectivity index (χ1) is 11.1. The minimum Gasteiger partial charge on any atom is -0.237 e. The van der Waals surface area contributed by atoms with Crippen LogP contribution in [-0.2, 0) is 0 Å². The van der Waals surface area contributed by atoms with Gasteiger partial charge in [-0.3, -0.25) is 0 Å². The number of benzene rings is 1. The third-order valence-corrected chi connectivity index (χ3v) is 4.73. The van der Waals surface area contributed by atoms with Crippen LogP contribution in [0, 0.1) is 6.92 Å². The number of hydrogen-bond donors (Lipinski definition) is 1. The lowest BCUT2D eigenvalue weighted by Crippen LogP contribution is -1.95. The third kappa shape index (κ3) is 3.74. The average molecular weight is 383 g/mol. The fourth-order valence-corrected chi connectivity index (χ4v) is 3.22. The molecule has 1 aromatic carbocycles. The topological polar surface area (TPSA) is 68.3 Å². The number of halogens is 1. The molecular weight excluding hydrogens is 372 g/mol. The summed E-state index contributed by atoms with van der Waals surface area (Å²) < 4.78 is 5.80. The summed E-state index contributed by atoms with van der Waals surface area (Å²) in [6, 6.07) is 5.45. The molecule has 118 valence electrons. The van der Waals surface area contributed by atoms with Gasteiger partial charge in [0.25, 0.3) is 0 Å². The van der Waals surface area contributed by atoms with Crippen LogP contribution in [-0.4, -0.2) is 25.4 Å². The predicted molar refractivity (Wildman–Crippen MR) is 96.4 cm³/mol. The smallest absolute Gasteiger partial charge is 0.237 e. The summed E-state index contributed by atoms with van der Waals surface area (Å²) >= 11 is 13.2. The molecule has 0 unspecified atom stereocenters. The number of azo groups is 1. The highest BCUT2D eigenvalue weighted by atomic mass is 35.5. The first kappa shape index (κ1) is 16.4. The van der Waals surface area contributed by atoms with Crippen LogP contribution < -0.4 is 0 Å². The molecule has 0 bridgehead atoms. The van der Waals surface area contributed by atoms with E-state index in [1.165, 1.54) is 23.3 Å². The lowest BCUT2D eigenvalue weighted by Gasteiger charge is -2.04. The molecule has 0 atom stereocenters. The Morgan fingerprint density at radius 2 is 2.17 bits per heavy atom. The van der Waals surface area contributed by atoms with Crippen LogP contribution in [0.4, 0.5) is 10.8 Å². The lowest BCUT2D eigenvalue weighted by atomic mass is 10.3. The van der Waals surface area contributed by atoms with E-state index in [9.17, 15) is 0 Å². The Morgan fingerprint density at radius 1 is 1.35 bits per heavy atom. The molecule has 2 aromatic heterocycles. The second-order valence-corrected chi connectivity index (χ2v) is 6.87. The molecule has 3 rings (SSSR count). The van der Waals surface area contributed by atoms with Gasteiger partial charge in [0.2, 0.25) is 10.3 Å². The Labute approximate surface area is 151 Å². The molecule has 0 amide bonds. The van der Waals surface area contributed by atoms with E-state index in [0.717, 1.165) is 16.3 Å². The standard InChI is InChI=1S/C13H11ClN6S3/c1-7-10(16-17-12-15-13(22-2)19-23-12)6-20(18-7)11-5-8(21)3-4-9(11)14/h3-6,21H,1-2H3. The highest BCUT2D eigenvalue weighted by Gasteiger charge is 2.10. The number of thiol groups is 1. The summed E-state index contributed by atoms with van der Waals surface area (Å²) in [5.41, 5.74) is 2.12. The van der Waals surface area contributed by atoms with E-state index in [1.54, 1.807) is 16.9 Å². The maximum Gasteiger partial charge on any atom is 0.250 e. The van der Waals surface area contributed by atoms with E-state index >= 15 is 0 Å². The van der Waals surface area contributed by atoms with Crippen LogP contribution in [0.15, 0.2) is 44.7 Å². The third-order valence-electron chi connectivity index (χ3n) is 2.87. The van der Waals surface area contributed by atoms with Crippen LogP contribution in [0.1, 0.15) is 5.69 Å². The van der Waals surface area contributed by atoms with Gasteiger partial charge in [-0.1, -0.05) is 23.4 Å². The van der Waals surface area contributed by atoms with Gasteiger partial charge in [-0.05, 0) is 31.4 Å². The molecule has 0 aliphatic heterocycles. The molecular formula is C13H11ClN6S3. The van der Waals surface area contributed by atoms with Crippen molar-refractivity contribution >= 4 is 58.3 Å². The van der Waals surface area contributed by atoms with Gasteiger partial charge in [-0.15, -0.1) is 22.9 Å². The molecule has 0 aliphatic carbocycles. The van der Waals surface area contributed by atoms with E-state index < -0.39 is 0 Å². The summed E-state index contributed by atoms with van der Waals surface area (Å²) in [7, 11) is 0. The molecule has 10 heteroatoms. The second-order valence-electron chi connectivity index (χ2n) is 4.44. The van der Waals surface area contributed by atoms with E-state index in [4.69, 9.17) is 11.6 Å². The van der Waals surface area contributed by atoms with Crippen LogP contribution >= 0.6 is 47.5 Å². The second kappa shape index (κ2) is 7.00. The van der Waals surface area contributed by atoms with Crippen molar-refractivity contribution in [3.05, 3.63) is 35.1 Å². The predicted octanol–water partition coefficient (Wildman–Crippen LogP) is 5.11. The van der Waals surface area contributed by atoms with Gasteiger partial charge in [0, 0.05) is 16.4 Å². The van der Waals surface area contributed by atoms with Crippen molar-refractivity contribution in [2.24, 2.45) is 10.2 Å². The first-order valence-corrected chi connectivity index (χ1v) is 9.24. The molecule has 0 spiro atoms. The van der Waals surface area contributed by atoms with Gasteiger partial charge in [0.05, 0.1) is 22.6 Å². The fourth-order valence-electron chi connectivity index (χ4n) is 1.77. The van der Waals surface area contributed by atoms with Crippen LogP contribution in [0.2, 0.25) is 5.02 Å². The minimum atomic E-state index is 0.511. The quantitative estimate of drug-likeness (QED) is 0.386. The molecule has 2 heterocycles.